The van der Waals surface area contributed by atoms with Crippen molar-refractivity contribution in [3.05, 3.63) is 54.0 Å². The smallest absolute Gasteiger partial charge is 0.324 e. The van der Waals surface area contributed by atoms with Gasteiger partial charge in [-0.25, -0.2) is 13.9 Å². The lowest BCUT2D eigenvalue weighted by atomic mass is 9.97. The molecule has 1 fully saturated rings. The number of carbonyl (C=O) groups excluding carboxylic acids is 2. The molecule has 8 heteroatoms. The average molecular weight is 411 g/mol. The number of likely N-dealkylation sites (tertiary alicyclic amines) is 1. The topological polar surface area (TPSA) is 79.3 Å². The Bertz CT molecular complexity index is 947. The number of benzene rings is 1. The van der Waals surface area contributed by atoms with Gasteiger partial charge in [-0.1, -0.05) is 12.1 Å². The number of nitrogens with one attached hydrogen (secondary N) is 2. The molecular formula is C22H26FN5O2. The fourth-order valence-electron chi connectivity index (χ4n) is 4.10. The van der Waals surface area contributed by atoms with Crippen molar-refractivity contribution in [2.24, 2.45) is 0 Å². The summed E-state index contributed by atoms with van der Waals surface area (Å²) in [5.74, 6) is 0.327. The van der Waals surface area contributed by atoms with Gasteiger partial charge < -0.3 is 10.2 Å². The van der Waals surface area contributed by atoms with Crippen LogP contribution in [0.25, 0.3) is 0 Å². The van der Waals surface area contributed by atoms with Gasteiger partial charge in [0.05, 0.1) is 12.2 Å². The summed E-state index contributed by atoms with van der Waals surface area (Å²) in [7, 11) is 0. The molecule has 0 unspecified atom stereocenters. The first-order valence-corrected chi connectivity index (χ1v) is 10.5. The van der Waals surface area contributed by atoms with Crippen molar-refractivity contribution < 1.29 is 14.0 Å². The number of aromatic nitrogens is 2. The van der Waals surface area contributed by atoms with Crippen molar-refractivity contribution in [1.29, 1.82) is 0 Å². The third-order valence-electron chi connectivity index (χ3n) is 5.66. The van der Waals surface area contributed by atoms with Crippen molar-refractivity contribution in [3.63, 3.8) is 0 Å². The van der Waals surface area contributed by atoms with E-state index in [0.29, 0.717) is 24.6 Å². The predicted octanol–water partition coefficient (Wildman–Crippen LogP) is 4.33. The number of halogens is 1. The summed E-state index contributed by atoms with van der Waals surface area (Å²) in [4.78, 5) is 26.9. The zero-order chi connectivity index (χ0) is 20.9. The van der Waals surface area contributed by atoms with Gasteiger partial charge in [0, 0.05) is 30.4 Å². The van der Waals surface area contributed by atoms with E-state index in [-0.39, 0.29) is 11.9 Å². The van der Waals surface area contributed by atoms with Crippen LogP contribution >= 0.6 is 0 Å². The fourth-order valence-corrected chi connectivity index (χ4v) is 4.10. The monoisotopic (exact) mass is 411 g/mol. The molecule has 2 N–H and O–H groups in total. The molecule has 2 heterocycles. The number of hydrogen-bond donors (Lipinski definition) is 2. The van der Waals surface area contributed by atoms with Gasteiger partial charge in [0.2, 0.25) is 5.91 Å². The second kappa shape index (κ2) is 9.11. The van der Waals surface area contributed by atoms with Gasteiger partial charge in [0.25, 0.3) is 0 Å². The van der Waals surface area contributed by atoms with E-state index < -0.39 is 11.8 Å². The van der Waals surface area contributed by atoms with E-state index in [4.69, 9.17) is 0 Å². The van der Waals surface area contributed by atoms with E-state index >= 15 is 0 Å². The average Bonchev–Trinajstić information content (AvgIpc) is 3.22. The van der Waals surface area contributed by atoms with E-state index in [1.54, 1.807) is 23.0 Å². The molecule has 1 aromatic heterocycles. The molecule has 2 aromatic rings. The van der Waals surface area contributed by atoms with E-state index in [1.165, 1.54) is 24.6 Å². The van der Waals surface area contributed by atoms with Gasteiger partial charge >= 0.3 is 6.03 Å². The van der Waals surface area contributed by atoms with E-state index in [2.05, 4.69) is 21.8 Å². The minimum atomic E-state index is -0.459. The van der Waals surface area contributed by atoms with Gasteiger partial charge in [-0.05, 0) is 56.7 Å². The number of anilines is 2. The maximum absolute atomic E-state index is 13.3. The molecule has 1 saturated heterocycles. The first kappa shape index (κ1) is 20.1. The molecule has 30 heavy (non-hydrogen) atoms. The predicted molar refractivity (Wildman–Crippen MR) is 113 cm³/mol. The van der Waals surface area contributed by atoms with Crippen LogP contribution in [0.1, 0.15) is 44.6 Å². The Morgan fingerprint density at radius 1 is 1.10 bits per heavy atom. The number of nitrogens with zero attached hydrogens (tertiary/aromatic N) is 3. The fraction of sp³-hybridized carbons (Fsp3) is 0.409. The highest BCUT2D eigenvalue weighted by Crippen LogP contribution is 2.28. The molecule has 3 amide bonds. The lowest BCUT2D eigenvalue weighted by Gasteiger charge is -2.33. The molecule has 0 saturated carbocycles. The summed E-state index contributed by atoms with van der Waals surface area (Å²) >= 11 is 0. The normalized spacial score (nSPS) is 17.4. The summed E-state index contributed by atoms with van der Waals surface area (Å²) in [6.45, 7) is 1.35. The third-order valence-corrected chi connectivity index (χ3v) is 5.66. The first-order chi connectivity index (χ1) is 14.6. The van der Waals surface area contributed by atoms with Crippen LogP contribution in [-0.2, 0) is 4.79 Å². The highest BCUT2D eigenvalue weighted by molar-refractivity contribution is 5.99. The molecule has 1 aromatic carbocycles. The first-order valence-electron chi connectivity index (χ1n) is 10.5. The lowest BCUT2D eigenvalue weighted by Crippen LogP contribution is -2.40. The second-order valence-electron chi connectivity index (χ2n) is 7.75. The third kappa shape index (κ3) is 4.69. The van der Waals surface area contributed by atoms with Crippen molar-refractivity contribution >= 4 is 23.4 Å². The largest absolute Gasteiger partial charge is 0.339 e. The van der Waals surface area contributed by atoms with Gasteiger partial charge in [-0.2, -0.15) is 5.10 Å². The van der Waals surface area contributed by atoms with Crippen LogP contribution in [0.5, 0.6) is 0 Å². The van der Waals surface area contributed by atoms with Crippen LogP contribution in [0.15, 0.2) is 48.2 Å². The highest BCUT2D eigenvalue weighted by atomic mass is 19.1. The Labute approximate surface area is 174 Å². The minimum Gasteiger partial charge on any atom is -0.339 e. The zero-order valence-electron chi connectivity index (χ0n) is 16.8. The number of allylic oxidation sites excluding steroid dienone is 1. The number of hydrogen-bond acceptors (Lipinski definition) is 3. The maximum atomic E-state index is 13.3. The van der Waals surface area contributed by atoms with Crippen LogP contribution < -0.4 is 10.6 Å². The molecule has 1 aliphatic heterocycles. The molecule has 7 nitrogen and oxygen atoms in total. The molecule has 0 radical (unpaired) electrons. The van der Waals surface area contributed by atoms with Crippen molar-refractivity contribution in [3.8, 4) is 0 Å². The second-order valence-corrected chi connectivity index (χ2v) is 7.75. The Morgan fingerprint density at radius 2 is 1.93 bits per heavy atom. The van der Waals surface area contributed by atoms with Gasteiger partial charge in [-0.3, -0.25) is 10.1 Å². The van der Waals surface area contributed by atoms with Crippen molar-refractivity contribution in [2.75, 3.05) is 23.7 Å². The molecule has 1 aliphatic carbocycles. The van der Waals surface area contributed by atoms with Crippen LogP contribution in [0, 0.1) is 5.82 Å². The summed E-state index contributed by atoms with van der Waals surface area (Å²) in [6, 6.07) is 7.11. The zero-order valence-corrected chi connectivity index (χ0v) is 16.8. The molecule has 0 atom stereocenters. The van der Waals surface area contributed by atoms with Crippen molar-refractivity contribution in [2.45, 2.75) is 44.6 Å². The van der Waals surface area contributed by atoms with E-state index in [1.807, 2.05) is 4.90 Å². The van der Waals surface area contributed by atoms with Gasteiger partial charge in [-0.15, -0.1) is 0 Å². The Kier molecular flexibility index (Phi) is 6.11. The molecule has 2 aliphatic rings. The Hall–Kier alpha value is -3.16. The number of amides is 3. The highest BCUT2D eigenvalue weighted by Gasteiger charge is 2.27. The molecule has 0 bridgehead atoms. The van der Waals surface area contributed by atoms with Crippen LogP contribution in [0.3, 0.4) is 0 Å². The molecule has 0 spiro atoms. The summed E-state index contributed by atoms with van der Waals surface area (Å²) < 4.78 is 15.1. The number of piperidine rings is 1. The number of rotatable bonds is 4. The lowest BCUT2D eigenvalue weighted by molar-refractivity contribution is -0.128. The van der Waals surface area contributed by atoms with E-state index in [0.717, 1.165) is 37.7 Å². The minimum absolute atomic E-state index is 0.105. The maximum Gasteiger partial charge on any atom is 0.324 e. The SMILES string of the molecule is O=C(Nc1cccc(F)c1)Nc1ccnn1C1CCN(C(=O)C2=CCCCC2)CC1. The summed E-state index contributed by atoms with van der Waals surface area (Å²) in [5.41, 5.74) is 1.33. The van der Waals surface area contributed by atoms with Gasteiger partial charge in [0.15, 0.2) is 0 Å². The molecule has 158 valence electrons. The Balaban J connectivity index is 1.34. The summed E-state index contributed by atoms with van der Waals surface area (Å²) in [5, 5.41) is 9.77. The van der Waals surface area contributed by atoms with Crippen LogP contribution in [0.2, 0.25) is 0 Å². The van der Waals surface area contributed by atoms with Gasteiger partial charge in [0.1, 0.15) is 11.6 Å². The quantitative estimate of drug-likeness (QED) is 0.786. The van der Waals surface area contributed by atoms with E-state index in [9.17, 15) is 14.0 Å². The Morgan fingerprint density at radius 3 is 2.67 bits per heavy atom. The molecule has 4 rings (SSSR count). The number of carbonyl (C=O) groups is 2. The standard InChI is InChI=1S/C22H26FN5O2/c23-17-7-4-8-18(15-17)25-22(30)26-20-9-12-24-28(20)19-10-13-27(14-11-19)21(29)16-5-2-1-3-6-16/h4-5,7-9,12,15,19H,1-3,6,10-11,13-14H2,(H2,25,26,30). The van der Waals surface area contributed by atoms with Crippen LogP contribution in [-0.4, -0.2) is 39.7 Å². The molecular weight excluding hydrogens is 385 g/mol. The van der Waals surface area contributed by atoms with Crippen molar-refractivity contribution in [1.82, 2.24) is 14.7 Å². The number of urea groups is 1. The summed E-state index contributed by atoms with van der Waals surface area (Å²) in [6.07, 6.45) is 9.42. The van der Waals surface area contributed by atoms with Crippen LogP contribution in [0.4, 0.5) is 20.7 Å².